The Labute approximate surface area is 161 Å². The van der Waals surface area contributed by atoms with Crippen LogP contribution in [0, 0.1) is 0 Å². The van der Waals surface area contributed by atoms with Gasteiger partial charge in [-0.05, 0) is 49.9 Å². The topological polar surface area (TPSA) is 53.8 Å². The Morgan fingerprint density at radius 3 is 2.41 bits per heavy atom. The second kappa shape index (κ2) is 8.42. The van der Waals surface area contributed by atoms with Gasteiger partial charge in [-0.3, -0.25) is 4.90 Å². The van der Waals surface area contributed by atoms with Crippen molar-refractivity contribution in [2.45, 2.75) is 44.4 Å². The number of ether oxygens (including phenoxy) is 1. The van der Waals surface area contributed by atoms with Crippen LogP contribution in [0.15, 0.2) is 36.7 Å². The van der Waals surface area contributed by atoms with E-state index < -0.39 is 0 Å². The summed E-state index contributed by atoms with van der Waals surface area (Å²) >= 11 is 0. The maximum absolute atomic E-state index is 9.71. The van der Waals surface area contributed by atoms with E-state index in [0.717, 1.165) is 62.8 Å². The van der Waals surface area contributed by atoms with E-state index in [4.69, 9.17) is 4.74 Å². The van der Waals surface area contributed by atoms with Gasteiger partial charge in [0.2, 0.25) is 0 Å². The predicted octanol–water partition coefficient (Wildman–Crippen LogP) is 2.30. The van der Waals surface area contributed by atoms with Crippen LogP contribution < -0.4 is 4.74 Å². The van der Waals surface area contributed by atoms with Gasteiger partial charge in [0, 0.05) is 50.3 Å². The van der Waals surface area contributed by atoms with Crippen molar-refractivity contribution in [1.82, 2.24) is 19.4 Å². The number of hydrogen-bond acceptors (Lipinski definition) is 5. The minimum absolute atomic E-state index is 0.0850. The molecule has 2 fully saturated rings. The van der Waals surface area contributed by atoms with Crippen LogP contribution in [0.4, 0.5) is 0 Å². The van der Waals surface area contributed by atoms with E-state index in [9.17, 15) is 5.11 Å². The van der Waals surface area contributed by atoms with E-state index >= 15 is 0 Å². The summed E-state index contributed by atoms with van der Waals surface area (Å²) in [7, 11) is 1.69. The number of nitrogens with zero attached hydrogens (tertiary/aromatic N) is 4. The molecule has 0 spiro atoms. The van der Waals surface area contributed by atoms with Crippen molar-refractivity contribution in [3.05, 3.63) is 42.5 Å². The Balaban J connectivity index is 1.34. The molecule has 0 saturated carbocycles. The van der Waals surface area contributed by atoms with Crippen LogP contribution in [0.5, 0.6) is 5.75 Å². The number of aliphatic hydroxyl groups is 1. The van der Waals surface area contributed by atoms with Gasteiger partial charge in [-0.15, -0.1) is 0 Å². The van der Waals surface area contributed by atoms with E-state index in [-0.39, 0.29) is 6.10 Å². The molecule has 2 aromatic rings. The largest absolute Gasteiger partial charge is 0.497 e. The number of piperidine rings is 2. The van der Waals surface area contributed by atoms with E-state index in [1.54, 1.807) is 7.11 Å². The second-order valence-corrected chi connectivity index (χ2v) is 7.69. The lowest BCUT2D eigenvalue weighted by atomic mass is 9.99. The number of aromatic nitrogens is 2. The van der Waals surface area contributed by atoms with Crippen molar-refractivity contribution in [3.8, 4) is 11.4 Å². The van der Waals surface area contributed by atoms with Gasteiger partial charge < -0.3 is 19.3 Å². The quantitative estimate of drug-likeness (QED) is 0.875. The van der Waals surface area contributed by atoms with Gasteiger partial charge in [-0.25, -0.2) is 4.98 Å². The molecule has 2 aliphatic heterocycles. The van der Waals surface area contributed by atoms with Crippen molar-refractivity contribution >= 4 is 0 Å². The fraction of sp³-hybridized carbons (Fsp3) is 0.571. The highest BCUT2D eigenvalue weighted by molar-refractivity contribution is 5.38. The summed E-state index contributed by atoms with van der Waals surface area (Å²) in [5.74, 6) is 1.95. The van der Waals surface area contributed by atoms with Gasteiger partial charge in [-0.1, -0.05) is 0 Å². The Hall–Kier alpha value is -1.89. The third-order valence-electron chi connectivity index (χ3n) is 6.01. The fourth-order valence-electron chi connectivity index (χ4n) is 4.32. The third kappa shape index (κ3) is 4.34. The monoisotopic (exact) mass is 370 g/mol. The normalized spacial score (nSPS) is 20.8. The Morgan fingerprint density at radius 2 is 1.74 bits per heavy atom. The first kappa shape index (κ1) is 18.5. The standard InChI is InChI=1S/C21H30N4O2/c1-27-20-4-2-18(3-5-20)25-15-10-22-21(25)16-23-11-6-17(7-12-23)24-13-8-19(26)9-14-24/h2-5,10,15,17,19,26H,6-9,11-14,16H2,1H3. The summed E-state index contributed by atoms with van der Waals surface area (Å²) in [6, 6.07) is 8.79. The fourth-order valence-corrected chi connectivity index (χ4v) is 4.32. The summed E-state index contributed by atoms with van der Waals surface area (Å²) in [6.07, 6.45) is 8.10. The summed E-state index contributed by atoms with van der Waals surface area (Å²) in [5.41, 5.74) is 1.12. The van der Waals surface area contributed by atoms with E-state index in [1.165, 1.54) is 12.8 Å². The molecule has 1 N–H and O–H groups in total. The molecule has 0 unspecified atom stereocenters. The molecule has 1 aromatic heterocycles. The Kier molecular flexibility index (Phi) is 5.76. The molecular formula is C21H30N4O2. The number of rotatable bonds is 5. The predicted molar refractivity (Wildman–Crippen MR) is 105 cm³/mol. The number of methoxy groups -OCH3 is 1. The van der Waals surface area contributed by atoms with Crippen LogP contribution in [-0.4, -0.2) is 69.9 Å². The molecule has 3 heterocycles. The molecule has 2 aliphatic rings. The second-order valence-electron chi connectivity index (χ2n) is 7.69. The molecular weight excluding hydrogens is 340 g/mol. The zero-order valence-corrected chi connectivity index (χ0v) is 16.1. The highest BCUT2D eigenvalue weighted by Crippen LogP contribution is 2.23. The highest BCUT2D eigenvalue weighted by Gasteiger charge is 2.28. The van der Waals surface area contributed by atoms with Crippen molar-refractivity contribution in [2.75, 3.05) is 33.3 Å². The molecule has 0 amide bonds. The lowest BCUT2D eigenvalue weighted by Crippen LogP contribution is -2.48. The zero-order chi connectivity index (χ0) is 18.6. The van der Waals surface area contributed by atoms with Crippen LogP contribution in [0.3, 0.4) is 0 Å². The molecule has 146 valence electrons. The average Bonchev–Trinajstić information content (AvgIpc) is 3.17. The first-order chi connectivity index (χ1) is 13.2. The van der Waals surface area contributed by atoms with E-state index in [0.29, 0.717) is 6.04 Å². The molecule has 0 aliphatic carbocycles. The number of likely N-dealkylation sites (tertiary alicyclic amines) is 2. The minimum Gasteiger partial charge on any atom is -0.497 e. The van der Waals surface area contributed by atoms with Crippen LogP contribution in [0.2, 0.25) is 0 Å². The molecule has 6 nitrogen and oxygen atoms in total. The SMILES string of the molecule is COc1ccc(-n2ccnc2CN2CCC(N3CCC(O)CC3)CC2)cc1. The first-order valence-corrected chi connectivity index (χ1v) is 10.0. The summed E-state index contributed by atoms with van der Waals surface area (Å²) in [6.45, 7) is 5.20. The molecule has 2 saturated heterocycles. The van der Waals surface area contributed by atoms with Gasteiger partial charge in [0.25, 0.3) is 0 Å². The van der Waals surface area contributed by atoms with Gasteiger partial charge in [0.1, 0.15) is 11.6 Å². The van der Waals surface area contributed by atoms with Gasteiger partial charge in [0.05, 0.1) is 19.8 Å². The van der Waals surface area contributed by atoms with E-state index in [2.05, 4.69) is 31.5 Å². The lowest BCUT2D eigenvalue weighted by Gasteiger charge is -2.41. The molecule has 27 heavy (non-hydrogen) atoms. The van der Waals surface area contributed by atoms with Crippen molar-refractivity contribution < 1.29 is 9.84 Å². The zero-order valence-electron chi connectivity index (χ0n) is 16.1. The molecule has 1 aromatic carbocycles. The maximum Gasteiger partial charge on any atom is 0.127 e. The lowest BCUT2D eigenvalue weighted by molar-refractivity contribution is 0.0371. The molecule has 0 atom stereocenters. The summed E-state index contributed by atoms with van der Waals surface area (Å²) in [5, 5.41) is 9.71. The summed E-state index contributed by atoms with van der Waals surface area (Å²) in [4.78, 5) is 9.70. The smallest absolute Gasteiger partial charge is 0.127 e. The molecule has 4 rings (SSSR count). The van der Waals surface area contributed by atoms with Gasteiger partial charge in [-0.2, -0.15) is 0 Å². The maximum atomic E-state index is 9.71. The van der Waals surface area contributed by atoms with E-state index in [1.807, 2.05) is 24.5 Å². The number of imidazole rings is 1. The minimum atomic E-state index is -0.0850. The van der Waals surface area contributed by atoms with Crippen LogP contribution in [0.1, 0.15) is 31.5 Å². The third-order valence-corrected chi connectivity index (χ3v) is 6.01. The number of aliphatic hydroxyl groups excluding tert-OH is 1. The van der Waals surface area contributed by atoms with Crippen LogP contribution in [-0.2, 0) is 6.54 Å². The van der Waals surface area contributed by atoms with Gasteiger partial charge >= 0.3 is 0 Å². The van der Waals surface area contributed by atoms with Crippen molar-refractivity contribution in [1.29, 1.82) is 0 Å². The molecule has 0 bridgehead atoms. The van der Waals surface area contributed by atoms with Gasteiger partial charge in [0.15, 0.2) is 0 Å². The van der Waals surface area contributed by atoms with Crippen molar-refractivity contribution in [3.63, 3.8) is 0 Å². The molecule has 0 radical (unpaired) electrons. The highest BCUT2D eigenvalue weighted by atomic mass is 16.5. The first-order valence-electron chi connectivity index (χ1n) is 10.0. The van der Waals surface area contributed by atoms with Crippen LogP contribution in [0.25, 0.3) is 5.69 Å². The number of benzene rings is 1. The molecule has 6 heteroatoms. The Morgan fingerprint density at radius 1 is 1.04 bits per heavy atom. The Bertz CT molecular complexity index is 714. The van der Waals surface area contributed by atoms with Crippen molar-refractivity contribution in [2.24, 2.45) is 0 Å². The number of hydrogen-bond donors (Lipinski definition) is 1. The average molecular weight is 370 g/mol. The summed E-state index contributed by atoms with van der Waals surface area (Å²) < 4.78 is 7.42. The van der Waals surface area contributed by atoms with Crippen LogP contribution >= 0.6 is 0 Å².